The summed E-state index contributed by atoms with van der Waals surface area (Å²) >= 11 is 0. The van der Waals surface area contributed by atoms with E-state index in [1.54, 1.807) is 6.20 Å². The first kappa shape index (κ1) is 10.2. The van der Waals surface area contributed by atoms with Gasteiger partial charge in [-0.2, -0.15) is 0 Å². The molecule has 1 aliphatic rings. The topological polar surface area (TPSA) is 59.1 Å². The Bertz CT molecular complexity index is 380. The fourth-order valence-electron chi connectivity index (χ4n) is 2.20. The number of aliphatic hydroxyl groups is 1. The van der Waals surface area contributed by atoms with Crippen LogP contribution >= 0.6 is 0 Å². The normalized spacial score (nSPS) is 25.5. The number of pyridine rings is 1. The number of hydrogen-bond acceptors (Lipinski definition) is 3. The van der Waals surface area contributed by atoms with E-state index in [-0.39, 0.29) is 0 Å². The van der Waals surface area contributed by atoms with Gasteiger partial charge in [0.2, 0.25) is 0 Å². The molecule has 3 nitrogen and oxygen atoms in total. The van der Waals surface area contributed by atoms with Crippen molar-refractivity contribution >= 4 is 5.82 Å². The molecule has 3 heteroatoms. The van der Waals surface area contributed by atoms with E-state index in [1.807, 2.05) is 25.1 Å². The molecule has 0 amide bonds. The molecule has 80 valence electrons. The molecule has 1 aliphatic carbocycles. The number of aromatic nitrogens is 1. The maximum absolute atomic E-state index is 10.5. The van der Waals surface area contributed by atoms with Gasteiger partial charge in [0.25, 0.3) is 0 Å². The average molecular weight is 204 g/mol. The summed E-state index contributed by atoms with van der Waals surface area (Å²) < 4.78 is 0. The molecule has 0 fully saturated rings. The molecule has 0 saturated carbocycles. The van der Waals surface area contributed by atoms with Crippen molar-refractivity contribution in [3.63, 3.8) is 0 Å². The third-order valence-corrected chi connectivity index (χ3v) is 2.94. The van der Waals surface area contributed by atoms with Crippen LogP contribution in [0, 0.1) is 6.92 Å². The van der Waals surface area contributed by atoms with Gasteiger partial charge in [0.15, 0.2) is 0 Å². The highest BCUT2D eigenvalue weighted by atomic mass is 16.3. The smallest absolute Gasteiger partial charge is 0.130 e. The average Bonchev–Trinajstić information content (AvgIpc) is 2.18. The fourth-order valence-corrected chi connectivity index (χ4v) is 2.20. The van der Waals surface area contributed by atoms with E-state index in [4.69, 9.17) is 5.73 Å². The van der Waals surface area contributed by atoms with Gasteiger partial charge in [0.05, 0.1) is 0 Å². The standard InChI is InChI=1S/C12H16N2O/c1-9-5-8-14-11(13)10(9)12(15)6-3-2-4-7-12/h3,5-6,8,15H,2,4,7H2,1H3,(H2,13,14). The monoisotopic (exact) mass is 204 g/mol. The number of hydrogen-bond donors (Lipinski definition) is 2. The van der Waals surface area contributed by atoms with Gasteiger partial charge < -0.3 is 10.8 Å². The Morgan fingerprint density at radius 3 is 2.93 bits per heavy atom. The Kier molecular flexibility index (Phi) is 2.49. The molecule has 3 N–H and O–H groups in total. The summed E-state index contributed by atoms with van der Waals surface area (Å²) in [5, 5.41) is 10.5. The Morgan fingerprint density at radius 2 is 2.33 bits per heavy atom. The molecule has 0 spiro atoms. The predicted molar refractivity (Wildman–Crippen MR) is 60.3 cm³/mol. The summed E-state index contributed by atoms with van der Waals surface area (Å²) in [5.74, 6) is 0.434. The van der Waals surface area contributed by atoms with Gasteiger partial charge in [-0.3, -0.25) is 0 Å². The molecule has 1 atom stereocenters. The van der Waals surface area contributed by atoms with Crippen LogP contribution in [0.25, 0.3) is 0 Å². The Morgan fingerprint density at radius 1 is 1.53 bits per heavy atom. The van der Waals surface area contributed by atoms with Crippen molar-refractivity contribution in [1.82, 2.24) is 4.98 Å². The number of nitrogen functional groups attached to an aromatic ring is 1. The molecule has 1 heterocycles. The summed E-state index contributed by atoms with van der Waals surface area (Å²) in [4.78, 5) is 4.04. The van der Waals surface area contributed by atoms with Crippen LogP contribution in [0.3, 0.4) is 0 Å². The van der Waals surface area contributed by atoms with Gasteiger partial charge in [-0.05, 0) is 37.8 Å². The second-order valence-corrected chi connectivity index (χ2v) is 4.11. The van der Waals surface area contributed by atoms with Gasteiger partial charge in [0, 0.05) is 11.8 Å². The van der Waals surface area contributed by atoms with Crippen LogP contribution in [0.15, 0.2) is 24.4 Å². The van der Waals surface area contributed by atoms with Crippen LogP contribution in [-0.4, -0.2) is 10.1 Å². The lowest BCUT2D eigenvalue weighted by Gasteiger charge is -2.30. The summed E-state index contributed by atoms with van der Waals surface area (Å²) in [6.07, 6.45) is 8.26. The van der Waals surface area contributed by atoms with E-state index in [2.05, 4.69) is 4.98 Å². The van der Waals surface area contributed by atoms with Crippen LogP contribution < -0.4 is 5.73 Å². The van der Waals surface area contributed by atoms with E-state index >= 15 is 0 Å². The van der Waals surface area contributed by atoms with Gasteiger partial charge in [-0.25, -0.2) is 4.98 Å². The predicted octanol–water partition coefficient (Wildman–Crippen LogP) is 1.90. The van der Waals surface area contributed by atoms with Gasteiger partial charge >= 0.3 is 0 Å². The van der Waals surface area contributed by atoms with Gasteiger partial charge in [0.1, 0.15) is 11.4 Å². The molecular formula is C12H16N2O. The molecule has 1 aromatic rings. The molecule has 15 heavy (non-hydrogen) atoms. The molecule has 1 unspecified atom stereocenters. The first-order valence-corrected chi connectivity index (χ1v) is 5.25. The van der Waals surface area contributed by atoms with Crippen molar-refractivity contribution in [1.29, 1.82) is 0 Å². The molecule has 0 saturated heterocycles. The maximum Gasteiger partial charge on any atom is 0.130 e. The molecule has 1 aromatic heterocycles. The minimum atomic E-state index is -0.916. The Balaban J connectivity index is 2.52. The number of anilines is 1. The zero-order valence-electron chi connectivity index (χ0n) is 8.90. The highest BCUT2D eigenvalue weighted by molar-refractivity contribution is 5.50. The van der Waals surface area contributed by atoms with Crippen molar-refractivity contribution in [3.05, 3.63) is 35.5 Å². The largest absolute Gasteiger partial charge is 0.383 e. The second kappa shape index (κ2) is 3.66. The van der Waals surface area contributed by atoms with Crippen molar-refractivity contribution in [3.8, 4) is 0 Å². The number of nitrogens with zero attached hydrogens (tertiary/aromatic N) is 1. The SMILES string of the molecule is Cc1ccnc(N)c1C1(O)C=CCCC1. The zero-order chi connectivity index (χ0) is 10.9. The Labute approximate surface area is 89.6 Å². The van der Waals surface area contributed by atoms with Crippen molar-refractivity contribution in [2.24, 2.45) is 0 Å². The van der Waals surface area contributed by atoms with Crippen LogP contribution in [0.2, 0.25) is 0 Å². The number of rotatable bonds is 1. The van der Waals surface area contributed by atoms with E-state index < -0.39 is 5.60 Å². The molecule has 2 rings (SSSR count). The van der Waals surface area contributed by atoms with E-state index in [1.165, 1.54) is 0 Å². The first-order valence-electron chi connectivity index (χ1n) is 5.25. The molecule has 0 aromatic carbocycles. The molecule has 0 bridgehead atoms. The van der Waals surface area contributed by atoms with Crippen molar-refractivity contribution in [2.45, 2.75) is 31.8 Å². The fraction of sp³-hybridized carbons (Fsp3) is 0.417. The quantitative estimate of drug-likeness (QED) is 0.687. The summed E-state index contributed by atoms with van der Waals surface area (Å²) in [6.45, 7) is 1.95. The lowest BCUT2D eigenvalue weighted by atomic mass is 9.83. The number of allylic oxidation sites excluding steroid dienone is 1. The van der Waals surface area contributed by atoms with Gasteiger partial charge in [-0.15, -0.1) is 0 Å². The van der Waals surface area contributed by atoms with Gasteiger partial charge in [-0.1, -0.05) is 12.2 Å². The van der Waals surface area contributed by atoms with Crippen molar-refractivity contribution < 1.29 is 5.11 Å². The molecule has 0 radical (unpaired) electrons. The summed E-state index contributed by atoms with van der Waals surface area (Å²) in [5.41, 5.74) is 6.68. The zero-order valence-corrected chi connectivity index (χ0v) is 8.90. The lowest BCUT2D eigenvalue weighted by Crippen LogP contribution is -2.27. The third kappa shape index (κ3) is 1.75. The minimum Gasteiger partial charge on any atom is -0.383 e. The summed E-state index contributed by atoms with van der Waals surface area (Å²) in [7, 11) is 0. The maximum atomic E-state index is 10.5. The van der Waals surface area contributed by atoms with E-state index in [0.29, 0.717) is 5.82 Å². The number of aryl methyl sites for hydroxylation is 1. The van der Waals surface area contributed by atoms with Crippen LogP contribution in [0.5, 0.6) is 0 Å². The lowest BCUT2D eigenvalue weighted by molar-refractivity contribution is 0.0724. The van der Waals surface area contributed by atoms with Crippen LogP contribution in [0.4, 0.5) is 5.82 Å². The first-order chi connectivity index (χ1) is 7.13. The summed E-state index contributed by atoms with van der Waals surface area (Å²) in [6, 6.07) is 1.88. The third-order valence-electron chi connectivity index (χ3n) is 2.94. The molecule has 0 aliphatic heterocycles. The van der Waals surface area contributed by atoms with E-state index in [9.17, 15) is 5.11 Å². The number of nitrogens with two attached hydrogens (primary N) is 1. The van der Waals surface area contributed by atoms with Crippen LogP contribution in [0.1, 0.15) is 30.4 Å². The molecular weight excluding hydrogens is 188 g/mol. The minimum absolute atomic E-state index is 0.434. The van der Waals surface area contributed by atoms with Crippen LogP contribution in [-0.2, 0) is 5.60 Å². The van der Waals surface area contributed by atoms with Crippen molar-refractivity contribution in [2.75, 3.05) is 5.73 Å². The Hall–Kier alpha value is -1.35. The highest BCUT2D eigenvalue weighted by Gasteiger charge is 2.31. The highest BCUT2D eigenvalue weighted by Crippen LogP contribution is 2.36. The van der Waals surface area contributed by atoms with E-state index in [0.717, 1.165) is 30.4 Å². The second-order valence-electron chi connectivity index (χ2n) is 4.11.